The van der Waals surface area contributed by atoms with Crippen LogP contribution in [0.3, 0.4) is 0 Å². The van der Waals surface area contributed by atoms with Crippen LogP contribution in [-0.4, -0.2) is 17.2 Å². The summed E-state index contributed by atoms with van der Waals surface area (Å²) in [5, 5.41) is 26.2. The van der Waals surface area contributed by atoms with Crippen molar-refractivity contribution in [3.8, 4) is 22.3 Å². The Balaban J connectivity index is 1.68. The van der Waals surface area contributed by atoms with Crippen LogP contribution in [0.2, 0.25) is 0 Å². The molecule has 0 radical (unpaired) electrons. The zero-order valence-corrected chi connectivity index (χ0v) is 17.8. The molecule has 0 spiro atoms. The lowest BCUT2D eigenvalue weighted by atomic mass is 9.72. The Bertz CT molecular complexity index is 1590. The number of benzene rings is 5. The molecular formula is C30H19BO2. The predicted molar refractivity (Wildman–Crippen MR) is 137 cm³/mol. The molecule has 0 fully saturated rings. The summed E-state index contributed by atoms with van der Waals surface area (Å²) in [4.78, 5) is 0. The number of fused-ring (bicyclic) bond motifs is 3. The molecule has 0 aromatic heterocycles. The van der Waals surface area contributed by atoms with Crippen LogP contribution in [0.25, 0.3) is 54.6 Å². The van der Waals surface area contributed by atoms with Crippen LogP contribution in [0.5, 0.6) is 0 Å². The van der Waals surface area contributed by atoms with Crippen molar-refractivity contribution in [1.82, 2.24) is 0 Å². The lowest BCUT2D eigenvalue weighted by molar-refractivity contribution is 0.426. The molecule has 2 N–H and O–H groups in total. The molecule has 0 aliphatic heterocycles. The van der Waals surface area contributed by atoms with Gasteiger partial charge in [-0.3, -0.25) is 0 Å². The molecule has 0 saturated carbocycles. The van der Waals surface area contributed by atoms with Crippen LogP contribution in [0, 0.1) is 12.1 Å². The predicted octanol–water partition coefficient (Wildman–Crippen LogP) is 5.76. The van der Waals surface area contributed by atoms with Gasteiger partial charge in [-0.1, -0.05) is 97.1 Å². The summed E-state index contributed by atoms with van der Waals surface area (Å²) in [7, 11) is -1.58. The number of hydrogen-bond acceptors (Lipinski definition) is 2. The Morgan fingerprint density at radius 2 is 1.30 bits per heavy atom. The van der Waals surface area contributed by atoms with Crippen molar-refractivity contribution in [2.75, 3.05) is 0 Å². The van der Waals surface area contributed by atoms with Crippen LogP contribution >= 0.6 is 0 Å². The molecule has 3 heteroatoms. The first-order valence-electron chi connectivity index (χ1n) is 10.9. The highest BCUT2D eigenvalue weighted by atomic mass is 16.4. The molecule has 0 aliphatic rings. The van der Waals surface area contributed by atoms with Gasteiger partial charge in [-0.25, -0.2) is 0 Å². The maximum absolute atomic E-state index is 10.2. The van der Waals surface area contributed by atoms with E-state index in [2.05, 4.69) is 78.9 Å². The second kappa shape index (κ2) is 7.80. The van der Waals surface area contributed by atoms with Crippen LogP contribution in [0.4, 0.5) is 0 Å². The van der Waals surface area contributed by atoms with E-state index < -0.39 is 7.12 Å². The molecule has 33 heavy (non-hydrogen) atoms. The quantitative estimate of drug-likeness (QED) is 0.356. The summed E-state index contributed by atoms with van der Waals surface area (Å²) < 4.78 is 0. The van der Waals surface area contributed by atoms with Crippen LogP contribution in [0.1, 0.15) is 0 Å². The lowest BCUT2D eigenvalue weighted by Gasteiger charge is -2.16. The highest BCUT2D eigenvalue weighted by Gasteiger charge is 2.22. The van der Waals surface area contributed by atoms with E-state index in [0.717, 1.165) is 38.2 Å². The van der Waals surface area contributed by atoms with Gasteiger partial charge < -0.3 is 10.0 Å². The standard InChI is InChI=1S/C30H19BO2/c32-31(33)30-27-16-5-3-14-25(27)29(26-15-4-6-17-28(26)30)22-12-7-11-21(19-22)24-18-8-10-20-9-1-2-13-23(20)24/h1-3,5-14,16-19,32-33H. The average Bonchev–Trinajstić information content (AvgIpc) is 2.86. The molecule has 0 aliphatic carbocycles. The van der Waals surface area contributed by atoms with Gasteiger partial charge >= 0.3 is 7.12 Å². The van der Waals surface area contributed by atoms with Gasteiger partial charge in [0.15, 0.2) is 0 Å². The summed E-state index contributed by atoms with van der Waals surface area (Å²) in [5.41, 5.74) is 4.88. The minimum absolute atomic E-state index is 0.500. The molecular weight excluding hydrogens is 403 g/mol. The van der Waals surface area contributed by atoms with Crippen molar-refractivity contribution < 1.29 is 10.0 Å². The van der Waals surface area contributed by atoms with Gasteiger partial charge in [0.2, 0.25) is 0 Å². The van der Waals surface area contributed by atoms with E-state index in [1.54, 1.807) is 6.07 Å². The van der Waals surface area contributed by atoms with Crippen molar-refractivity contribution in [1.29, 1.82) is 0 Å². The fraction of sp³-hybridized carbons (Fsp3) is 0. The van der Waals surface area contributed by atoms with Crippen molar-refractivity contribution in [3.63, 3.8) is 0 Å². The molecule has 0 bridgehead atoms. The first-order chi connectivity index (χ1) is 16.2. The Morgan fingerprint density at radius 1 is 0.606 bits per heavy atom. The van der Waals surface area contributed by atoms with Gasteiger partial charge in [-0.2, -0.15) is 0 Å². The minimum Gasteiger partial charge on any atom is -0.423 e. The fourth-order valence-corrected chi connectivity index (χ4v) is 4.92. The van der Waals surface area contributed by atoms with Gasteiger partial charge in [0.1, 0.15) is 0 Å². The van der Waals surface area contributed by atoms with Gasteiger partial charge in [0.25, 0.3) is 0 Å². The smallest absolute Gasteiger partial charge is 0.423 e. The largest absolute Gasteiger partial charge is 0.489 e. The zero-order valence-electron chi connectivity index (χ0n) is 17.8. The molecule has 6 aromatic carbocycles. The van der Waals surface area contributed by atoms with E-state index in [1.165, 1.54) is 16.3 Å². The Morgan fingerprint density at radius 3 is 2.15 bits per heavy atom. The second-order valence-corrected chi connectivity index (χ2v) is 8.21. The molecule has 2 nitrogen and oxygen atoms in total. The second-order valence-electron chi connectivity index (χ2n) is 8.21. The van der Waals surface area contributed by atoms with Gasteiger partial charge in [-0.05, 0) is 67.3 Å². The zero-order chi connectivity index (χ0) is 22.4. The van der Waals surface area contributed by atoms with E-state index in [1.807, 2.05) is 30.3 Å². The van der Waals surface area contributed by atoms with Crippen molar-refractivity contribution in [2.24, 2.45) is 0 Å². The first-order valence-corrected chi connectivity index (χ1v) is 10.9. The number of rotatable bonds is 3. The summed E-state index contributed by atoms with van der Waals surface area (Å²) in [6, 6.07) is 41.1. The SMILES string of the molecule is OB(O)c1c2ccc#cc2c(-c2cccc(-c3cccc4ccccc34)c2)c2ccccc12. The van der Waals surface area contributed by atoms with E-state index in [0.29, 0.717) is 5.46 Å². The van der Waals surface area contributed by atoms with E-state index in [9.17, 15) is 10.0 Å². The summed E-state index contributed by atoms with van der Waals surface area (Å²) in [6.45, 7) is 0. The van der Waals surface area contributed by atoms with Crippen LogP contribution in [-0.2, 0) is 0 Å². The average molecular weight is 422 g/mol. The molecule has 0 amide bonds. The third kappa shape index (κ3) is 3.17. The van der Waals surface area contributed by atoms with Crippen LogP contribution in [0.15, 0.2) is 103 Å². The third-order valence-corrected chi connectivity index (χ3v) is 6.34. The Kier molecular flexibility index (Phi) is 4.63. The molecule has 154 valence electrons. The first kappa shape index (κ1) is 19.6. The molecule has 0 atom stereocenters. The lowest BCUT2D eigenvalue weighted by Crippen LogP contribution is -2.31. The Hall–Kier alpha value is -4.10. The monoisotopic (exact) mass is 422 g/mol. The summed E-state index contributed by atoms with van der Waals surface area (Å²) in [5.74, 6) is 0. The topological polar surface area (TPSA) is 40.5 Å². The molecule has 6 rings (SSSR count). The molecule has 6 aromatic rings. The normalized spacial score (nSPS) is 11.1. The van der Waals surface area contributed by atoms with Gasteiger partial charge in [0.05, 0.1) is 0 Å². The Labute approximate surface area is 192 Å². The molecule has 0 saturated heterocycles. The van der Waals surface area contributed by atoms with E-state index >= 15 is 0 Å². The van der Waals surface area contributed by atoms with Gasteiger partial charge in [-0.15, -0.1) is 0 Å². The van der Waals surface area contributed by atoms with E-state index in [-0.39, 0.29) is 0 Å². The number of hydrogen-bond donors (Lipinski definition) is 2. The fourth-order valence-electron chi connectivity index (χ4n) is 4.92. The maximum Gasteiger partial charge on any atom is 0.489 e. The highest BCUT2D eigenvalue weighted by Crippen LogP contribution is 2.37. The van der Waals surface area contributed by atoms with Gasteiger partial charge in [0, 0.05) is 10.9 Å². The van der Waals surface area contributed by atoms with E-state index in [4.69, 9.17) is 0 Å². The van der Waals surface area contributed by atoms with Crippen molar-refractivity contribution >= 4 is 44.9 Å². The van der Waals surface area contributed by atoms with Crippen molar-refractivity contribution in [2.45, 2.75) is 0 Å². The summed E-state index contributed by atoms with van der Waals surface area (Å²) >= 11 is 0. The summed E-state index contributed by atoms with van der Waals surface area (Å²) in [6.07, 6.45) is 0. The van der Waals surface area contributed by atoms with Crippen molar-refractivity contribution in [3.05, 3.63) is 115 Å². The molecule has 0 unspecified atom stereocenters. The molecule has 0 heterocycles. The third-order valence-electron chi connectivity index (χ3n) is 6.34. The minimum atomic E-state index is -1.58. The highest BCUT2D eigenvalue weighted by molar-refractivity contribution is 6.66. The van der Waals surface area contributed by atoms with Crippen LogP contribution < -0.4 is 5.46 Å². The maximum atomic E-state index is 10.2.